The number of phenols is 1. The minimum absolute atomic E-state index is 0.138. The van der Waals surface area contributed by atoms with Gasteiger partial charge in [0, 0.05) is 35.6 Å². The lowest BCUT2D eigenvalue weighted by molar-refractivity contribution is 0.0882. The molecule has 0 radical (unpaired) electrons. The third kappa shape index (κ3) is 4.59. The van der Waals surface area contributed by atoms with Gasteiger partial charge in [0.2, 0.25) is 0 Å². The van der Waals surface area contributed by atoms with E-state index >= 15 is 0 Å². The van der Waals surface area contributed by atoms with Gasteiger partial charge in [0.25, 0.3) is 0 Å². The Kier molecular flexibility index (Phi) is 5.73. The van der Waals surface area contributed by atoms with Gasteiger partial charge in [-0.1, -0.05) is 6.07 Å². The molecule has 0 fully saturated rings. The molecule has 1 unspecified atom stereocenters. The average molecular weight is 435 g/mol. The zero-order chi connectivity index (χ0) is 21.8. The highest BCUT2D eigenvalue weighted by Crippen LogP contribution is 2.40. The molecule has 1 aliphatic heterocycles. The second kappa shape index (κ2) is 8.61. The van der Waals surface area contributed by atoms with Crippen LogP contribution in [0.3, 0.4) is 0 Å². The van der Waals surface area contributed by atoms with Gasteiger partial charge >= 0.3 is 0 Å². The van der Waals surface area contributed by atoms with Gasteiger partial charge in [-0.25, -0.2) is 0 Å². The summed E-state index contributed by atoms with van der Waals surface area (Å²) in [6.45, 7) is 1.99. The Morgan fingerprint density at radius 1 is 1.23 bits per heavy atom. The Morgan fingerprint density at radius 2 is 2.03 bits per heavy atom. The van der Waals surface area contributed by atoms with Crippen molar-refractivity contribution in [2.75, 3.05) is 12.4 Å². The lowest BCUT2D eigenvalue weighted by atomic mass is 9.86. The van der Waals surface area contributed by atoms with Crippen LogP contribution in [0.25, 0.3) is 0 Å². The number of anilines is 1. The number of aromatic nitrogens is 1. The smallest absolute Gasteiger partial charge is 0.191 e. The molecule has 3 N–H and O–H groups in total. The second-order valence-corrected chi connectivity index (χ2v) is 7.69. The van der Waals surface area contributed by atoms with Gasteiger partial charge in [0.05, 0.1) is 12.8 Å². The fourth-order valence-corrected chi connectivity index (χ4v) is 3.58. The summed E-state index contributed by atoms with van der Waals surface area (Å²) in [6, 6.07) is 16.2. The molecule has 2 heterocycles. The molecule has 0 bridgehead atoms. The number of benzene rings is 2. The summed E-state index contributed by atoms with van der Waals surface area (Å²) in [5, 5.41) is 18.0. The first-order chi connectivity index (χ1) is 15.0. The average Bonchev–Trinajstić information content (AvgIpc) is 2.79. The fourth-order valence-electron chi connectivity index (χ4n) is 3.41. The molecule has 0 amide bonds. The molecule has 3 aromatic rings. The number of nitrogens with one attached hydrogen (secondary N) is 2. The molecule has 0 aliphatic carbocycles. The lowest BCUT2D eigenvalue weighted by Gasteiger charge is -2.36. The van der Waals surface area contributed by atoms with Crippen LogP contribution in [0.2, 0.25) is 0 Å². The fraction of sp³-hybridized carbons (Fsp3) is 0.174. The lowest BCUT2D eigenvalue weighted by Crippen LogP contribution is -2.38. The number of rotatable bonds is 4. The molecule has 0 spiro atoms. The van der Waals surface area contributed by atoms with Crippen LogP contribution < -0.4 is 20.2 Å². The van der Waals surface area contributed by atoms with E-state index in [4.69, 9.17) is 21.7 Å². The van der Waals surface area contributed by atoms with Crippen molar-refractivity contribution < 1.29 is 14.6 Å². The number of hydrazone groups is 1. The maximum absolute atomic E-state index is 9.98. The molecule has 0 saturated heterocycles. The number of pyridine rings is 1. The zero-order valence-electron chi connectivity index (χ0n) is 17.1. The van der Waals surface area contributed by atoms with Crippen LogP contribution in [-0.4, -0.2) is 28.0 Å². The van der Waals surface area contributed by atoms with Crippen molar-refractivity contribution in [3.8, 4) is 17.2 Å². The van der Waals surface area contributed by atoms with Gasteiger partial charge in [-0.15, -0.1) is 0 Å². The highest BCUT2D eigenvalue weighted by Gasteiger charge is 2.37. The van der Waals surface area contributed by atoms with E-state index in [-0.39, 0.29) is 5.75 Å². The number of fused-ring (bicyclic) bond motifs is 1. The van der Waals surface area contributed by atoms with E-state index in [2.05, 4.69) is 20.8 Å². The second-order valence-electron chi connectivity index (χ2n) is 7.28. The van der Waals surface area contributed by atoms with E-state index in [0.29, 0.717) is 28.6 Å². The summed E-state index contributed by atoms with van der Waals surface area (Å²) in [7, 11) is 1.62. The largest absolute Gasteiger partial charge is 0.508 e. The van der Waals surface area contributed by atoms with Crippen LogP contribution in [0.1, 0.15) is 24.5 Å². The molecule has 158 valence electrons. The number of ether oxygens (including phenoxy) is 2. The van der Waals surface area contributed by atoms with Crippen LogP contribution in [0, 0.1) is 0 Å². The zero-order valence-corrected chi connectivity index (χ0v) is 17.9. The van der Waals surface area contributed by atoms with Crippen LogP contribution >= 0.6 is 12.2 Å². The van der Waals surface area contributed by atoms with Crippen molar-refractivity contribution in [3.63, 3.8) is 0 Å². The Morgan fingerprint density at radius 3 is 2.74 bits per heavy atom. The molecule has 8 heteroatoms. The van der Waals surface area contributed by atoms with E-state index in [1.807, 2.05) is 43.3 Å². The first-order valence-electron chi connectivity index (χ1n) is 9.67. The van der Waals surface area contributed by atoms with Crippen molar-refractivity contribution in [1.82, 2.24) is 10.4 Å². The molecular weight excluding hydrogens is 412 g/mol. The molecule has 1 atom stereocenters. The third-order valence-corrected chi connectivity index (χ3v) is 5.22. The van der Waals surface area contributed by atoms with Crippen LogP contribution in [0.5, 0.6) is 17.2 Å². The summed E-state index contributed by atoms with van der Waals surface area (Å²) >= 11 is 5.39. The van der Waals surface area contributed by atoms with Gasteiger partial charge in [-0.3, -0.25) is 10.4 Å². The van der Waals surface area contributed by atoms with E-state index in [9.17, 15) is 5.11 Å². The predicted octanol–water partition coefficient (Wildman–Crippen LogP) is 4.18. The third-order valence-electron chi connectivity index (χ3n) is 5.03. The molecular formula is C23H22N4O3S. The summed E-state index contributed by atoms with van der Waals surface area (Å²) < 4.78 is 11.5. The van der Waals surface area contributed by atoms with E-state index < -0.39 is 5.60 Å². The maximum atomic E-state index is 9.98. The Bertz CT molecular complexity index is 1120. The van der Waals surface area contributed by atoms with Gasteiger partial charge in [-0.05, 0) is 67.7 Å². The van der Waals surface area contributed by atoms with E-state index in [1.54, 1.807) is 37.7 Å². The van der Waals surface area contributed by atoms with Crippen molar-refractivity contribution in [1.29, 1.82) is 0 Å². The van der Waals surface area contributed by atoms with Crippen molar-refractivity contribution in [3.05, 3.63) is 78.1 Å². The van der Waals surface area contributed by atoms with Gasteiger partial charge in [-0.2, -0.15) is 5.10 Å². The van der Waals surface area contributed by atoms with Gasteiger partial charge < -0.3 is 19.9 Å². The number of hydrogen-bond acceptors (Lipinski definition) is 6. The summed E-state index contributed by atoms with van der Waals surface area (Å²) in [6.07, 6.45) is 3.97. The number of phenolic OH excluding ortho intramolecular Hbond substituents is 1. The first-order valence-corrected chi connectivity index (χ1v) is 10.1. The highest BCUT2D eigenvalue weighted by molar-refractivity contribution is 7.80. The molecule has 0 saturated carbocycles. The van der Waals surface area contributed by atoms with Crippen molar-refractivity contribution in [2.45, 2.75) is 18.9 Å². The minimum Gasteiger partial charge on any atom is -0.508 e. The Hall–Kier alpha value is -3.65. The minimum atomic E-state index is -0.663. The molecule has 1 aromatic heterocycles. The Balaban J connectivity index is 1.58. The summed E-state index contributed by atoms with van der Waals surface area (Å²) in [4.78, 5) is 4.22. The number of thiocarbonyl (C=S) groups is 1. The predicted molar refractivity (Wildman–Crippen MR) is 124 cm³/mol. The summed E-state index contributed by atoms with van der Waals surface area (Å²) in [5.41, 5.74) is 5.40. The quantitative estimate of drug-likeness (QED) is 0.419. The standard InChI is InChI=1S/C23H22N4O3S/c1-23(15-4-3-11-24-14-15)13-20(19-12-17(28)7-10-21(19)30-23)26-27-22(31)25-16-5-8-18(29-2)9-6-16/h3-12,14,28H,13H2,1-2H3,(H2,25,27,31). The van der Waals surface area contributed by atoms with E-state index in [1.165, 1.54) is 0 Å². The number of hydrogen-bond donors (Lipinski definition) is 3. The first kappa shape index (κ1) is 20.6. The normalized spacial score (nSPS) is 18.6. The van der Waals surface area contributed by atoms with Gasteiger partial charge in [0.1, 0.15) is 22.8 Å². The molecule has 1 aliphatic rings. The number of methoxy groups -OCH3 is 1. The molecule has 31 heavy (non-hydrogen) atoms. The topological polar surface area (TPSA) is 88.0 Å². The Labute approximate surface area is 185 Å². The molecule has 4 rings (SSSR count). The van der Waals surface area contributed by atoms with Gasteiger partial charge in [0.15, 0.2) is 5.11 Å². The SMILES string of the molecule is COc1ccc(NC(=S)NN=C2CC(C)(c3cccnc3)Oc3ccc(O)cc32)cc1. The van der Waals surface area contributed by atoms with Crippen molar-refractivity contribution in [2.24, 2.45) is 5.10 Å². The monoisotopic (exact) mass is 434 g/mol. The van der Waals surface area contributed by atoms with E-state index in [0.717, 1.165) is 17.0 Å². The molecule has 7 nitrogen and oxygen atoms in total. The highest BCUT2D eigenvalue weighted by atomic mass is 32.1. The molecule has 2 aromatic carbocycles. The van der Waals surface area contributed by atoms with Crippen LogP contribution in [0.15, 0.2) is 72.1 Å². The van der Waals surface area contributed by atoms with Crippen LogP contribution in [-0.2, 0) is 5.60 Å². The number of aromatic hydroxyl groups is 1. The summed E-state index contributed by atoms with van der Waals surface area (Å²) in [5.74, 6) is 1.53. The maximum Gasteiger partial charge on any atom is 0.191 e. The van der Waals surface area contributed by atoms with Crippen molar-refractivity contribution >= 4 is 28.7 Å². The van der Waals surface area contributed by atoms with Crippen LogP contribution in [0.4, 0.5) is 5.69 Å². The number of nitrogens with zero attached hydrogens (tertiary/aromatic N) is 2.